The molecule has 19 heavy (non-hydrogen) atoms. The molecule has 0 atom stereocenters. The van der Waals surface area contributed by atoms with Crippen LogP contribution in [0.2, 0.25) is 0 Å². The highest BCUT2D eigenvalue weighted by Crippen LogP contribution is 2.31. The quantitative estimate of drug-likeness (QED) is 0.491. The van der Waals surface area contributed by atoms with Crippen molar-refractivity contribution >= 4 is 33.7 Å². The van der Waals surface area contributed by atoms with E-state index in [1.807, 2.05) is 5.43 Å². The number of amides is 1. The summed E-state index contributed by atoms with van der Waals surface area (Å²) < 4.78 is 0.131. The van der Waals surface area contributed by atoms with Crippen molar-refractivity contribution in [3.63, 3.8) is 0 Å². The average Bonchev–Trinajstić information content (AvgIpc) is 2.34. The van der Waals surface area contributed by atoms with Gasteiger partial charge in [0.2, 0.25) is 0 Å². The second-order valence-corrected chi connectivity index (χ2v) is 4.10. The molecule has 1 aromatic rings. The van der Waals surface area contributed by atoms with E-state index in [1.165, 1.54) is 0 Å². The van der Waals surface area contributed by atoms with Crippen LogP contribution < -0.4 is 5.43 Å². The van der Waals surface area contributed by atoms with Crippen molar-refractivity contribution < 1.29 is 14.8 Å². The molecule has 0 saturated heterocycles. The molecule has 0 aliphatic heterocycles. The minimum absolute atomic E-state index is 0.0540. The van der Waals surface area contributed by atoms with Crippen LogP contribution in [0.25, 0.3) is 0 Å². The molecule has 0 bridgehead atoms. The van der Waals surface area contributed by atoms with Crippen LogP contribution in [0.4, 0.5) is 5.69 Å². The Morgan fingerprint density at radius 2 is 2.37 bits per heavy atom. The Bertz CT molecular complexity index is 594. The lowest BCUT2D eigenvalue weighted by Crippen LogP contribution is -2.16. The van der Waals surface area contributed by atoms with Crippen LogP contribution in [0.3, 0.4) is 0 Å². The fraction of sp³-hybridized carbons (Fsp3) is 0.100. The maximum Gasteiger partial charge on any atom is 0.271 e. The minimum Gasteiger partial charge on any atom is -0.506 e. The Hall–Kier alpha value is -2.47. The van der Waals surface area contributed by atoms with Crippen LogP contribution in [0.15, 0.2) is 21.7 Å². The third kappa shape index (κ3) is 4.04. The van der Waals surface area contributed by atoms with Gasteiger partial charge in [-0.1, -0.05) is 0 Å². The van der Waals surface area contributed by atoms with Crippen LogP contribution in [0.1, 0.15) is 12.0 Å². The highest BCUT2D eigenvalue weighted by molar-refractivity contribution is 9.10. The van der Waals surface area contributed by atoms with E-state index in [2.05, 4.69) is 21.0 Å². The van der Waals surface area contributed by atoms with E-state index in [0.717, 1.165) is 18.3 Å². The molecule has 0 aliphatic carbocycles. The van der Waals surface area contributed by atoms with Gasteiger partial charge in [-0.15, -0.1) is 0 Å². The predicted octanol–water partition coefficient (Wildman–Crippen LogP) is 1.43. The number of nitro groups is 1. The van der Waals surface area contributed by atoms with Crippen LogP contribution in [-0.4, -0.2) is 22.2 Å². The molecule has 1 amide bonds. The smallest absolute Gasteiger partial charge is 0.271 e. The zero-order valence-electron chi connectivity index (χ0n) is 9.33. The number of phenols is 1. The first kappa shape index (κ1) is 14.6. The van der Waals surface area contributed by atoms with Crippen LogP contribution >= 0.6 is 15.9 Å². The summed E-state index contributed by atoms with van der Waals surface area (Å²) in [5.41, 5.74) is 1.85. The van der Waals surface area contributed by atoms with E-state index in [-0.39, 0.29) is 27.9 Å². The number of non-ortho nitro benzene ring substituents is 1. The van der Waals surface area contributed by atoms with Crippen molar-refractivity contribution in [3.05, 3.63) is 32.3 Å². The number of phenolic OH excluding ortho intramolecular Hbond substituents is 1. The van der Waals surface area contributed by atoms with Crippen molar-refractivity contribution in [2.75, 3.05) is 0 Å². The molecule has 1 rings (SSSR count). The molecule has 0 aliphatic rings. The number of nitro benzene ring substituents is 1. The van der Waals surface area contributed by atoms with Gasteiger partial charge in [0.05, 0.1) is 21.7 Å². The molecular weight excluding hydrogens is 320 g/mol. The summed E-state index contributed by atoms with van der Waals surface area (Å²) in [4.78, 5) is 20.9. The molecule has 0 radical (unpaired) electrons. The lowest BCUT2D eigenvalue weighted by Gasteiger charge is -2.01. The van der Waals surface area contributed by atoms with Crippen LogP contribution in [0, 0.1) is 21.4 Å². The fourth-order valence-electron chi connectivity index (χ4n) is 1.09. The Labute approximate surface area is 115 Å². The molecule has 1 aromatic carbocycles. The highest BCUT2D eigenvalue weighted by atomic mass is 79.9. The number of nitriles is 1. The molecule has 0 heterocycles. The standard InChI is InChI=1S/C10H7BrN4O4/c11-8-4-7(15(18)19)3-6(10(8)17)5-13-14-9(16)1-2-12/h3-5,17H,1H2,(H,14,16)/b13-5-. The van der Waals surface area contributed by atoms with Crippen molar-refractivity contribution in [1.82, 2.24) is 5.43 Å². The maximum absolute atomic E-state index is 10.9. The Morgan fingerprint density at radius 3 is 2.95 bits per heavy atom. The van der Waals surface area contributed by atoms with Gasteiger partial charge in [0.1, 0.15) is 12.2 Å². The largest absolute Gasteiger partial charge is 0.506 e. The number of carbonyl (C=O) groups is 1. The van der Waals surface area contributed by atoms with E-state index >= 15 is 0 Å². The summed E-state index contributed by atoms with van der Waals surface area (Å²) >= 11 is 2.96. The zero-order valence-corrected chi connectivity index (χ0v) is 10.9. The number of hydrazone groups is 1. The monoisotopic (exact) mass is 326 g/mol. The Balaban J connectivity index is 2.95. The third-order valence-corrected chi connectivity index (χ3v) is 2.53. The van der Waals surface area contributed by atoms with E-state index < -0.39 is 10.8 Å². The second-order valence-electron chi connectivity index (χ2n) is 3.25. The van der Waals surface area contributed by atoms with Gasteiger partial charge < -0.3 is 5.11 Å². The number of nitrogens with zero attached hydrogens (tertiary/aromatic N) is 3. The normalized spacial score (nSPS) is 10.1. The van der Waals surface area contributed by atoms with Gasteiger partial charge in [0.15, 0.2) is 0 Å². The third-order valence-electron chi connectivity index (χ3n) is 1.92. The Kier molecular flexibility index (Phi) is 4.96. The van der Waals surface area contributed by atoms with Crippen LogP contribution in [0.5, 0.6) is 5.75 Å². The number of carbonyl (C=O) groups excluding carboxylic acids is 1. The molecule has 98 valence electrons. The molecule has 9 heteroatoms. The van der Waals surface area contributed by atoms with E-state index in [0.29, 0.717) is 0 Å². The highest BCUT2D eigenvalue weighted by Gasteiger charge is 2.13. The van der Waals surface area contributed by atoms with Gasteiger partial charge in [-0.3, -0.25) is 14.9 Å². The van der Waals surface area contributed by atoms with E-state index in [4.69, 9.17) is 5.26 Å². The average molecular weight is 327 g/mol. The molecule has 8 nitrogen and oxygen atoms in total. The summed E-state index contributed by atoms with van der Waals surface area (Å²) in [5, 5.41) is 32.0. The van der Waals surface area contributed by atoms with Crippen molar-refractivity contribution in [1.29, 1.82) is 5.26 Å². The first-order valence-electron chi connectivity index (χ1n) is 4.81. The maximum atomic E-state index is 10.9. The van der Waals surface area contributed by atoms with Gasteiger partial charge in [0.25, 0.3) is 11.6 Å². The van der Waals surface area contributed by atoms with Crippen molar-refractivity contribution in [3.8, 4) is 11.8 Å². The van der Waals surface area contributed by atoms with Gasteiger partial charge in [0, 0.05) is 17.7 Å². The van der Waals surface area contributed by atoms with Gasteiger partial charge >= 0.3 is 0 Å². The van der Waals surface area contributed by atoms with Crippen LogP contribution in [-0.2, 0) is 4.79 Å². The summed E-state index contributed by atoms with van der Waals surface area (Å²) in [7, 11) is 0. The molecule has 0 saturated carbocycles. The molecule has 0 aromatic heterocycles. The van der Waals surface area contributed by atoms with Gasteiger partial charge in [-0.2, -0.15) is 10.4 Å². The lowest BCUT2D eigenvalue weighted by molar-refractivity contribution is -0.385. The molecule has 2 N–H and O–H groups in total. The number of rotatable bonds is 4. The van der Waals surface area contributed by atoms with Gasteiger partial charge in [-0.25, -0.2) is 5.43 Å². The first-order chi connectivity index (χ1) is 8.95. The number of nitrogens with one attached hydrogen (secondary N) is 1. The van der Waals surface area contributed by atoms with E-state index in [9.17, 15) is 20.0 Å². The topological polar surface area (TPSA) is 129 Å². The number of aromatic hydroxyl groups is 1. The summed E-state index contributed by atoms with van der Waals surface area (Å²) in [6, 6.07) is 3.87. The zero-order chi connectivity index (χ0) is 14.4. The Morgan fingerprint density at radius 1 is 1.68 bits per heavy atom. The lowest BCUT2D eigenvalue weighted by atomic mass is 10.2. The molecule has 0 spiro atoms. The van der Waals surface area contributed by atoms with Gasteiger partial charge in [-0.05, 0) is 15.9 Å². The summed E-state index contributed by atoms with van der Waals surface area (Å²) in [5.74, 6) is -0.869. The number of benzene rings is 1. The first-order valence-corrected chi connectivity index (χ1v) is 5.60. The molecular formula is C10H7BrN4O4. The second kappa shape index (κ2) is 6.46. The summed E-state index contributed by atoms with van der Waals surface area (Å²) in [6.07, 6.45) is 0.685. The van der Waals surface area contributed by atoms with Crippen molar-refractivity contribution in [2.45, 2.75) is 6.42 Å². The number of hydrogen-bond acceptors (Lipinski definition) is 6. The van der Waals surface area contributed by atoms with Crippen molar-refractivity contribution in [2.24, 2.45) is 5.10 Å². The number of hydrogen-bond donors (Lipinski definition) is 2. The minimum atomic E-state index is -0.629. The fourth-order valence-corrected chi connectivity index (χ4v) is 1.56. The summed E-state index contributed by atoms with van der Waals surface area (Å²) in [6.45, 7) is 0. The van der Waals surface area contributed by atoms with E-state index in [1.54, 1.807) is 6.07 Å². The SMILES string of the molecule is N#CCC(=O)N/N=C\c1cc([N+](=O)[O-])cc(Br)c1O. The molecule has 0 unspecified atom stereocenters. The predicted molar refractivity (Wildman–Crippen MR) is 68.4 cm³/mol. The molecule has 0 fully saturated rings. The number of halogens is 1.